The topological polar surface area (TPSA) is 81.6 Å². The van der Waals surface area contributed by atoms with Crippen molar-refractivity contribution < 1.29 is 9.31 Å². The number of aromatic nitrogens is 4. The van der Waals surface area contributed by atoms with Gasteiger partial charge in [0.25, 0.3) is 0 Å². The molecule has 32 heavy (non-hydrogen) atoms. The minimum Gasteiger partial charge on any atom is -0.497 e. The van der Waals surface area contributed by atoms with Crippen LogP contribution >= 0.6 is 0 Å². The van der Waals surface area contributed by atoms with Gasteiger partial charge in [-0.25, -0.2) is 9.97 Å². The summed E-state index contributed by atoms with van der Waals surface area (Å²) in [7, 11) is 1.67. The van der Waals surface area contributed by atoms with Crippen molar-refractivity contribution in [2.24, 2.45) is 0 Å². The molecule has 7 nitrogen and oxygen atoms in total. The van der Waals surface area contributed by atoms with Gasteiger partial charge in [-0.05, 0) is 48.5 Å². The number of nitrogens with zero attached hydrogens (tertiary/aromatic N) is 3. The Morgan fingerprint density at radius 3 is 2.22 bits per heavy atom. The number of aromatic amines is 2. The highest BCUT2D eigenvalue weighted by molar-refractivity contribution is 5.86. The molecule has 2 aromatic heterocycles. The lowest BCUT2D eigenvalue weighted by Gasteiger charge is -2.08. The highest BCUT2D eigenvalue weighted by atomic mass is 16.5. The number of ether oxygens (including phenoxy) is 1. The van der Waals surface area contributed by atoms with Crippen molar-refractivity contribution in [1.29, 1.82) is 0 Å². The summed E-state index contributed by atoms with van der Waals surface area (Å²) in [4.78, 5) is 16.5. The molecule has 158 valence electrons. The molecule has 0 aliphatic carbocycles. The van der Waals surface area contributed by atoms with Gasteiger partial charge in [0.05, 0.1) is 29.2 Å². The molecule has 3 N–H and O–H groups in total. The predicted molar refractivity (Wildman–Crippen MR) is 127 cm³/mol. The van der Waals surface area contributed by atoms with Crippen molar-refractivity contribution in [2.75, 3.05) is 20.3 Å². The van der Waals surface area contributed by atoms with E-state index in [1.165, 1.54) is 0 Å². The average Bonchev–Trinajstić information content (AvgIpc) is 3.48. The fourth-order valence-corrected chi connectivity index (χ4v) is 4.14. The summed E-state index contributed by atoms with van der Waals surface area (Å²) in [6.45, 7) is 1.86. The van der Waals surface area contributed by atoms with Crippen molar-refractivity contribution in [3.8, 4) is 28.5 Å². The van der Waals surface area contributed by atoms with Crippen molar-refractivity contribution >= 4 is 34.0 Å². The Morgan fingerprint density at radius 1 is 0.812 bits per heavy atom. The number of hydrogen-bond acceptors (Lipinski definition) is 4. The van der Waals surface area contributed by atoms with E-state index in [9.17, 15) is 0 Å². The molecular formula is C25H23N6O+. The first-order valence-corrected chi connectivity index (χ1v) is 10.7. The van der Waals surface area contributed by atoms with E-state index in [2.05, 4.69) is 56.4 Å². The van der Waals surface area contributed by atoms with Crippen molar-refractivity contribution in [3.63, 3.8) is 0 Å². The molecule has 0 atom stereocenters. The van der Waals surface area contributed by atoms with Crippen LogP contribution in [0, 0.1) is 0 Å². The summed E-state index contributed by atoms with van der Waals surface area (Å²) in [6.07, 6.45) is 3.27. The van der Waals surface area contributed by atoms with Gasteiger partial charge in [-0.15, -0.1) is 0 Å². The van der Waals surface area contributed by atoms with E-state index in [-0.39, 0.29) is 0 Å². The van der Waals surface area contributed by atoms with E-state index in [0.29, 0.717) is 0 Å². The third-order valence-electron chi connectivity index (χ3n) is 5.87. The van der Waals surface area contributed by atoms with Crippen LogP contribution in [0.2, 0.25) is 0 Å². The SMILES string of the molecule is COc1ccc(-c2nc3ccc(-c4nc5ccc([N+]6=CCCNC6)cc5[nH]4)cc3[nH]2)cc1. The zero-order chi connectivity index (χ0) is 21.5. The first kappa shape index (κ1) is 18.8. The Balaban J connectivity index is 1.35. The summed E-state index contributed by atoms with van der Waals surface area (Å²) in [6, 6.07) is 20.4. The summed E-state index contributed by atoms with van der Waals surface area (Å²) in [5.41, 5.74) is 7.08. The molecule has 0 fully saturated rings. The zero-order valence-corrected chi connectivity index (χ0v) is 17.7. The third-order valence-corrected chi connectivity index (χ3v) is 5.87. The second-order valence-electron chi connectivity index (χ2n) is 7.93. The van der Waals surface area contributed by atoms with E-state index in [1.807, 2.05) is 30.3 Å². The monoisotopic (exact) mass is 423 g/mol. The number of nitrogens with one attached hydrogen (secondary N) is 3. The molecule has 5 aromatic rings. The van der Waals surface area contributed by atoms with Crippen LogP contribution in [0.4, 0.5) is 5.69 Å². The molecule has 7 heteroatoms. The number of hydrogen-bond donors (Lipinski definition) is 3. The van der Waals surface area contributed by atoms with Gasteiger partial charge in [0, 0.05) is 36.2 Å². The molecule has 6 rings (SSSR count). The standard InChI is InChI=1S/C25H23N6O/c1-32-19-7-3-16(4-8-19)24-27-20-9-5-17(13-22(20)29-24)25-28-21-10-6-18(14-23(21)30-25)31-12-2-11-26-15-31/h3-10,12-14,26H,2,11,15H2,1H3,(H,27,29)(H,28,30)/q+1. The van der Waals surface area contributed by atoms with Gasteiger partial charge in [0.2, 0.25) is 12.4 Å². The number of H-pyrrole nitrogens is 2. The Kier molecular flexibility index (Phi) is 4.47. The maximum Gasteiger partial charge on any atom is 0.208 e. The first-order valence-electron chi connectivity index (χ1n) is 10.7. The number of methoxy groups -OCH3 is 1. The molecule has 1 aliphatic heterocycles. The Bertz CT molecular complexity index is 1460. The van der Waals surface area contributed by atoms with Crippen LogP contribution in [0.15, 0.2) is 60.7 Å². The number of rotatable bonds is 4. The molecular weight excluding hydrogens is 400 g/mol. The van der Waals surface area contributed by atoms with Crippen molar-refractivity contribution in [2.45, 2.75) is 6.42 Å². The fraction of sp³-hybridized carbons (Fsp3) is 0.160. The van der Waals surface area contributed by atoms with Crippen LogP contribution in [0.1, 0.15) is 6.42 Å². The summed E-state index contributed by atoms with van der Waals surface area (Å²) in [5, 5.41) is 3.40. The molecule has 1 aliphatic rings. The maximum atomic E-state index is 5.25. The Morgan fingerprint density at radius 2 is 1.50 bits per heavy atom. The van der Waals surface area contributed by atoms with Gasteiger partial charge in [0.1, 0.15) is 23.6 Å². The van der Waals surface area contributed by atoms with E-state index in [4.69, 9.17) is 14.7 Å². The molecule has 0 saturated carbocycles. The van der Waals surface area contributed by atoms with Crippen molar-refractivity contribution in [1.82, 2.24) is 25.3 Å². The minimum absolute atomic E-state index is 0.828. The van der Waals surface area contributed by atoms with E-state index in [0.717, 1.165) is 75.9 Å². The second kappa shape index (κ2) is 7.62. The van der Waals surface area contributed by atoms with E-state index >= 15 is 0 Å². The largest absolute Gasteiger partial charge is 0.497 e. The van der Waals surface area contributed by atoms with Gasteiger partial charge in [0.15, 0.2) is 0 Å². The molecule has 0 unspecified atom stereocenters. The lowest BCUT2D eigenvalue weighted by atomic mass is 10.2. The Labute approximate surface area is 184 Å². The lowest BCUT2D eigenvalue weighted by molar-refractivity contribution is -0.447. The molecule has 0 bridgehead atoms. The quantitative estimate of drug-likeness (QED) is 0.373. The summed E-state index contributed by atoms with van der Waals surface area (Å²) >= 11 is 0. The van der Waals surface area contributed by atoms with E-state index in [1.54, 1.807) is 7.11 Å². The normalized spacial score (nSPS) is 14.1. The fourth-order valence-electron chi connectivity index (χ4n) is 4.14. The summed E-state index contributed by atoms with van der Waals surface area (Å²) in [5.74, 6) is 2.51. The van der Waals surface area contributed by atoms with Gasteiger partial charge in [-0.3, -0.25) is 5.32 Å². The molecule has 3 aromatic carbocycles. The molecule has 0 radical (unpaired) electrons. The van der Waals surface area contributed by atoms with Gasteiger partial charge in [-0.2, -0.15) is 4.58 Å². The minimum atomic E-state index is 0.828. The zero-order valence-electron chi connectivity index (χ0n) is 17.7. The van der Waals surface area contributed by atoms with Gasteiger partial charge < -0.3 is 14.7 Å². The lowest BCUT2D eigenvalue weighted by Crippen LogP contribution is -2.31. The highest BCUT2D eigenvalue weighted by Crippen LogP contribution is 2.28. The second-order valence-corrected chi connectivity index (χ2v) is 7.93. The molecule has 0 saturated heterocycles. The maximum absolute atomic E-state index is 5.25. The third kappa shape index (κ3) is 3.33. The molecule has 0 amide bonds. The smallest absolute Gasteiger partial charge is 0.208 e. The number of imidazole rings is 2. The van der Waals surface area contributed by atoms with Gasteiger partial charge in [-0.1, -0.05) is 0 Å². The van der Waals surface area contributed by atoms with Crippen molar-refractivity contribution in [3.05, 3.63) is 60.7 Å². The Hall–Kier alpha value is -3.97. The summed E-state index contributed by atoms with van der Waals surface area (Å²) < 4.78 is 7.48. The average molecular weight is 424 g/mol. The van der Waals surface area contributed by atoms with Crippen LogP contribution in [0.5, 0.6) is 5.75 Å². The van der Waals surface area contributed by atoms with E-state index < -0.39 is 0 Å². The predicted octanol–water partition coefficient (Wildman–Crippen LogP) is 4.45. The first-order chi connectivity index (χ1) is 15.8. The highest BCUT2D eigenvalue weighted by Gasteiger charge is 2.15. The van der Waals surface area contributed by atoms with Crippen LogP contribution in [0.25, 0.3) is 44.8 Å². The number of benzene rings is 3. The van der Waals surface area contributed by atoms with Crippen LogP contribution in [0.3, 0.4) is 0 Å². The van der Waals surface area contributed by atoms with Crippen LogP contribution < -0.4 is 10.1 Å². The molecule has 3 heterocycles. The van der Waals surface area contributed by atoms with Crippen LogP contribution in [-0.4, -0.2) is 51.0 Å². The number of fused-ring (bicyclic) bond motifs is 2. The van der Waals surface area contributed by atoms with Crippen LogP contribution in [-0.2, 0) is 0 Å². The molecule has 0 spiro atoms. The van der Waals surface area contributed by atoms with Gasteiger partial charge >= 0.3 is 0 Å².